The summed E-state index contributed by atoms with van der Waals surface area (Å²) in [5.74, 6) is -0.299. The zero-order chi connectivity index (χ0) is 21.6. The normalized spacial score (nSPS) is 22.9. The lowest BCUT2D eigenvalue weighted by atomic mass is 9.86. The Balaban J connectivity index is 1.51. The lowest BCUT2D eigenvalue weighted by molar-refractivity contribution is -0.159. The van der Waals surface area contributed by atoms with Gasteiger partial charge >= 0.3 is 11.9 Å². The van der Waals surface area contributed by atoms with Crippen molar-refractivity contribution in [3.05, 3.63) is 78.4 Å². The van der Waals surface area contributed by atoms with Gasteiger partial charge in [0, 0.05) is 12.2 Å². The number of nitrogens with zero attached hydrogens (tertiary/aromatic N) is 1. The Morgan fingerprint density at radius 1 is 1.13 bits per heavy atom. The first-order valence-electron chi connectivity index (χ1n) is 10.8. The molecule has 2 unspecified atom stereocenters. The maximum absolute atomic E-state index is 13.2. The molecule has 6 heteroatoms. The van der Waals surface area contributed by atoms with E-state index < -0.39 is 12.0 Å². The number of anilines is 1. The molecule has 6 nitrogen and oxygen atoms in total. The van der Waals surface area contributed by atoms with Gasteiger partial charge in [-0.25, -0.2) is 9.59 Å². The molecule has 3 heterocycles. The Hall–Kier alpha value is -3.12. The van der Waals surface area contributed by atoms with Crippen LogP contribution in [-0.2, 0) is 14.3 Å². The Morgan fingerprint density at radius 2 is 1.90 bits per heavy atom. The van der Waals surface area contributed by atoms with Gasteiger partial charge < -0.3 is 14.8 Å². The molecule has 0 aromatic heterocycles. The van der Waals surface area contributed by atoms with Gasteiger partial charge in [-0.2, -0.15) is 0 Å². The van der Waals surface area contributed by atoms with E-state index in [1.54, 1.807) is 18.2 Å². The molecule has 3 saturated heterocycles. The van der Waals surface area contributed by atoms with Gasteiger partial charge in [-0.15, -0.1) is 0 Å². The largest absolute Gasteiger partial charge is 0.459 e. The Bertz CT molecular complexity index is 922. The molecule has 31 heavy (non-hydrogen) atoms. The lowest BCUT2D eigenvalue weighted by Crippen LogP contribution is -2.52. The number of esters is 2. The molecule has 3 aliphatic rings. The number of rotatable bonds is 8. The number of hydrogen-bond acceptors (Lipinski definition) is 6. The summed E-state index contributed by atoms with van der Waals surface area (Å²) in [5, 5.41) is 3.26. The smallest absolute Gasteiger partial charge is 0.338 e. The average Bonchev–Trinajstić information content (AvgIpc) is 2.82. The summed E-state index contributed by atoms with van der Waals surface area (Å²) in [4.78, 5) is 27.8. The van der Waals surface area contributed by atoms with Crippen molar-refractivity contribution >= 4 is 17.6 Å². The van der Waals surface area contributed by atoms with Crippen LogP contribution >= 0.6 is 0 Å². The number of benzene rings is 2. The zero-order valence-corrected chi connectivity index (χ0v) is 17.5. The van der Waals surface area contributed by atoms with Crippen LogP contribution in [0.25, 0.3) is 0 Å². The molecular weight excluding hydrogens is 392 g/mol. The Kier molecular flexibility index (Phi) is 6.67. The molecule has 2 aromatic carbocycles. The SMILES string of the molecule is C=CCOC(=O)c1cccc(NC(C(=O)OC2CN3CCC2CC3)c2ccccc2)c1. The summed E-state index contributed by atoms with van der Waals surface area (Å²) in [6.07, 6.45) is 3.62. The van der Waals surface area contributed by atoms with E-state index in [1.165, 1.54) is 6.08 Å². The van der Waals surface area contributed by atoms with Gasteiger partial charge in [-0.05, 0) is 55.6 Å². The summed E-state index contributed by atoms with van der Waals surface area (Å²) < 4.78 is 11.1. The van der Waals surface area contributed by atoms with Crippen molar-refractivity contribution in [1.82, 2.24) is 4.90 Å². The molecule has 2 atom stereocenters. The van der Waals surface area contributed by atoms with Crippen LogP contribution in [0.4, 0.5) is 5.69 Å². The highest BCUT2D eigenvalue weighted by Gasteiger charge is 2.37. The number of piperidine rings is 3. The highest BCUT2D eigenvalue weighted by molar-refractivity contribution is 5.91. The van der Waals surface area contributed by atoms with Crippen molar-refractivity contribution in [3.63, 3.8) is 0 Å². The fourth-order valence-corrected chi connectivity index (χ4v) is 4.31. The van der Waals surface area contributed by atoms with Gasteiger partial charge in [-0.1, -0.05) is 49.1 Å². The first-order valence-corrected chi connectivity index (χ1v) is 10.8. The topological polar surface area (TPSA) is 67.9 Å². The fourth-order valence-electron chi connectivity index (χ4n) is 4.31. The van der Waals surface area contributed by atoms with Gasteiger partial charge in [0.1, 0.15) is 12.7 Å². The van der Waals surface area contributed by atoms with Crippen LogP contribution < -0.4 is 5.32 Å². The van der Waals surface area contributed by atoms with Crippen molar-refractivity contribution < 1.29 is 19.1 Å². The van der Waals surface area contributed by atoms with E-state index in [-0.39, 0.29) is 18.7 Å². The van der Waals surface area contributed by atoms with Crippen LogP contribution in [0.1, 0.15) is 34.8 Å². The van der Waals surface area contributed by atoms with Crippen LogP contribution in [0.5, 0.6) is 0 Å². The standard InChI is InChI=1S/C25H28N2O4/c1-2-15-30-24(28)20-9-6-10-21(16-20)26-23(19-7-4-3-5-8-19)25(29)31-22-17-27-13-11-18(22)12-14-27/h2-10,16,18,22-23,26H,1,11-15,17H2. The maximum atomic E-state index is 13.2. The van der Waals surface area contributed by atoms with Gasteiger partial charge in [-0.3, -0.25) is 4.90 Å². The minimum absolute atomic E-state index is 0.0665. The molecule has 2 bridgehead atoms. The summed E-state index contributed by atoms with van der Waals surface area (Å²) in [6.45, 7) is 6.69. The summed E-state index contributed by atoms with van der Waals surface area (Å²) in [6, 6.07) is 15.8. The molecular formula is C25H28N2O4. The minimum Gasteiger partial charge on any atom is -0.459 e. The third-order valence-corrected chi connectivity index (χ3v) is 5.97. The van der Waals surface area contributed by atoms with Gasteiger partial charge in [0.25, 0.3) is 0 Å². The van der Waals surface area contributed by atoms with E-state index in [4.69, 9.17) is 9.47 Å². The number of nitrogens with one attached hydrogen (secondary N) is 1. The molecule has 0 amide bonds. The van der Waals surface area contributed by atoms with Crippen molar-refractivity contribution in [2.45, 2.75) is 25.0 Å². The Labute approximate surface area is 182 Å². The maximum Gasteiger partial charge on any atom is 0.338 e. The van der Waals surface area contributed by atoms with E-state index in [0.29, 0.717) is 17.2 Å². The van der Waals surface area contributed by atoms with Crippen LogP contribution in [-0.4, -0.2) is 49.2 Å². The summed E-state index contributed by atoms with van der Waals surface area (Å²) in [5.41, 5.74) is 1.87. The minimum atomic E-state index is -0.670. The molecule has 162 valence electrons. The van der Waals surface area contributed by atoms with E-state index in [9.17, 15) is 9.59 Å². The van der Waals surface area contributed by atoms with Crippen LogP contribution in [0.3, 0.4) is 0 Å². The van der Waals surface area contributed by atoms with Crippen molar-refractivity contribution in [2.24, 2.45) is 5.92 Å². The molecule has 2 aromatic rings. The third kappa shape index (κ3) is 5.14. The predicted molar refractivity (Wildman–Crippen MR) is 119 cm³/mol. The molecule has 5 rings (SSSR count). The molecule has 0 radical (unpaired) electrons. The van der Waals surface area contributed by atoms with E-state index in [0.717, 1.165) is 38.0 Å². The van der Waals surface area contributed by atoms with Crippen molar-refractivity contribution in [3.8, 4) is 0 Å². The van der Waals surface area contributed by atoms with Crippen molar-refractivity contribution in [2.75, 3.05) is 31.6 Å². The second-order valence-corrected chi connectivity index (χ2v) is 8.07. The number of fused-ring (bicyclic) bond motifs is 3. The number of carbonyl (C=O) groups excluding carboxylic acids is 2. The highest BCUT2D eigenvalue weighted by Crippen LogP contribution is 2.31. The first-order chi connectivity index (χ1) is 15.1. The zero-order valence-electron chi connectivity index (χ0n) is 17.5. The highest BCUT2D eigenvalue weighted by atomic mass is 16.5. The fraction of sp³-hybridized carbons (Fsp3) is 0.360. The van der Waals surface area contributed by atoms with Gasteiger partial charge in [0.05, 0.1) is 5.56 Å². The van der Waals surface area contributed by atoms with Crippen LogP contribution in [0.15, 0.2) is 67.3 Å². The lowest BCUT2D eigenvalue weighted by Gasteiger charge is -2.44. The second kappa shape index (κ2) is 9.79. The molecule has 3 aliphatic heterocycles. The Morgan fingerprint density at radius 3 is 2.58 bits per heavy atom. The predicted octanol–water partition coefficient (Wildman–Crippen LogP) is 3.82. The quantitative estimate of drug-likeness (QED) is 0.517. The summed E-state index contributed by atoms with van der Waals surface area (Å²) >= 11 is 0. The van der Waals surface area contributed by atoms with Gasteiger partial charge in [0.15, 0.2) is 6.04 Å². The molecule has 0 aliphatic carbocycles. The molecule has 1 N–H and O–H groups in total. The van der Waals surface area contributed by atoms with E-state index >= 15 is 0 Å². The number of hydrogen-bond donors (Lipinski definition) is 1. The molecule has 0 saturated carbocycles. The van der Waals surface area contributed by atoms with Gasteiger partial charge in [0.2, 0.25) is 0 Å². The third-order valence-electron chi connectivity index (χ3n) is 5.97. The van der Waals surface area contributed by atoms with E-state index in [2.05, 4.69) is 16.8 Å². The number of carbonyl (C=O) groups is 2. The first kappa shape index (κ1) is 21.1. The van der Waals surface area contributed by atoms with Crippen LogP contribution in [0.2, 0.25) is 0 Å². The number of ether oxygens (including phenoxy) is 2. The summed E-state index contributed by atoms with van der Waals surface area (Å²) in [7, 11) is 0. The van der Waals surface area contributed by atoms with E-state index in [1.807, 2.05) is 36.4 Å². The molecule has 0 spiro atoms. The molecule has 3 fully saturated rings. The average molecular weight is 421 g/mol. The second-order valence-electron chi connectivity index (χ2n) is 8.07. The monoisotopic (exact) mass is 420 g/mol. The van der Waals surface area contributed by atoms with Crippen LogP contribution in [0, 0.1) is 5.92 Å². The van der Waals surface area contributed by atoms with Crippen molar-refractivity contribution in [1.29, 1.82) is 0 Å².